The van der Waals surface area contributed by atoms with Crippen LogP contribution in [0.3, 0.4) is 0 Å². The molecule has 0 fully saturated rings. The summed E-state index contributed by atoms with van der Waals surface area (Å²) in [5.41, 5.74) is 7.33. The van der Waals surface area contributed by atoms with Crippen molar-refractivity contribution in [3.05, 3.63) is 56.6 Å². The predicted molar refractivity (Wildman–Crippen MR) is 83.0 cm³/mol. The summed E-state index contributed by atoms with van der Waals surface area (Å²) < 4.78 is 0.888. The molecule has 0 radical (unpaired) electrons. The topological polar surface area (TPSA) is 55.1 Å². The molecule has 0 saturated heterocycles. The van der Waals surface area contributed by atoms with Crippen molar-refractivity contribution in [2.75, 3.05) is 11.1 Å². The molecule has 92 valence electrons. The third kappa shape index (κ3) is 2.94. The van der Waals surface area contributed by atoms with Gasteiger partial charge in [-0.15, -0.1) is 0 Å². The van der Waals surface area contributed by atoms with E-state index in [9.17, 15) is 4.79 Å². The van der Waals surface area contributed by atoms with Gasteiger partial charge in [-0.1, -0.05) is 23.7 Å². The van der Waals surface area contributed by atoms with Gasteiger partial charge in [0, 0.05) is 9.26 Å². The average molecular weight is 373 g/mol. The number of nitrogen functional groups attached to an aromatic ring is 1. The minimum Gasteiger partial charge on any atom is -0.399 e. The van der Waals surface area contributed by atoms with E-state index in [1.165, 1.54) is 0 Å². The van der Waals surface area contributed by atoms with Gasteiger partial charge in [-0.3, -0.25) is 4.79 Å². The van der Waals surface area contributed by atoms with Crippen LogP contribution >= 0.6 is 34.2 Å². The van der Waals surface area contributed by atoms with Crippen LogP contribution in [0.1, 0.15) is 10.4 Å². The number of rotatable bonds is 2. The normalized spacial score (nSPS) is 10.1. The van der Waals surface area contributed by atoms with Crippen LogP contribution in [-0.4, -0.2) is 5.91 Å². The summed E-state index contributed by atoms with van der Waals surface area (Å²) in [4.78, 5) is 12.1. The fourth-order valence-corrected chi connectivity index (χ4v) is 2.34. The first kappa shape index (κ1) is 13.2. The van der Waals surface area contributed by atoms with Crippen molar-refractivity contribution in [3.63, 3.8) is 0 Å². The highest BCUT2D eigenvalue weighted by atomic mass is 127. The summed E-state index contributed by atoms with van der Waals surface area (Å²) in [6.45, 7) is 0. The van der Waals surface area contributed by atoms with Gasteiger partial charge in [0.15, 0.2) is 0 Å². The van der Waals surface area contributed by atoms with Gasteiger partial charge in [0.05, 0.1) is 16.3 Å². The molecule has 1 amide bonds. The van der Waals surface area contributed by atoms with Crippen molar-refractivity contribution in [3.8, 4) is 0 Å². The lowest BCUT2D eigenvalue weighted by Crippen LogP contribution is -2.13. The van der Waals surface area contributed by atoms with Crippen molar-refractivity contribution in [1.82, 2.24) is 0 Å². The van der Waals surface area contributed by atoms with Crippen molar-refractivity contribution in [2.24, 2.45) is 0 Å². The minimum atomic E-state index is -0.188. The second kappa shape index (κ2) is 5.58. The first-order valence-electron chi connectivity index (χ1n) is 5.19. The molecule has 0 atom stereocenters. The molecular formula is C13H10ClIN2O. The average Bonchev–Trinajstić information content (AvgIpc) is 2.33. The molecular weight excluding hydrogens is 363 g/mol. The lowest BCUT2D eigenvalue weighted by atomic mass is 10.2. The molecule has 2 aromatic carbocycles. The van der Waals surface area contributed by atoms with Crippen LogP contribution in [0.5, 0.6) is 0 Å². The maximum absolute atomic E-state index is 12.1. The Morgan fingerprint density at radius 2 is 1.94 bits per heavy atom. The number of benzene rings is 2. The van der Waals surface area contributed by atoms with Crippen LogP contribution in [0.15, 0.2) is 42.5 Å². The molecule has 2 rings (SSSR count). The van der Waals surface area contributed by atoms with Crippen molar-refractivity contribution >= 4 is 51.5 Å². The number of hydrogen-bond donors (Lipinski definition) is 2. The highest BCUT2D eigenvalue weighted by Crippen LogP contribution is 2.25. The van der Waals surface area contributed by atoms with E-state index >= 15 is 0 Å². The van der Waals surface area contributed by atoms with E-state index < -0.39 is 0 Å². The van der Waals surface area contributed by atoms with E-state index in [0.29, 0.717) is 22.0 Å². The number of nitrogens with one attached hydrogen (secondary N) is 1. The van der Waals surface area contributed by atoms with E-state index in [1.54, 1.807) is 24.3 Å². The number of amides is 1. The Morgan fingerprint density at radius 1 is 1.22 bits per heavy atom. The minimum absolute atomic E-state index is 0.188. The summed E-state index contributed by atoms with van der Waals surface area (Å²) in [6, 6.07) is 12.3. The first-order chi connectivity index (χ1) is 8.58. The Labute approximate surface area is 123 Å². The largest absolute Gasteiger partial charge is 0.399 e. The van der Waals surface area contributed by atoms with Gasteiger partial charge in [-0.2, -0.15) is 0 Å². The van der Waals surface area contributed by atoms with Gasteiger partial charge in [0.2, 0.25) is 0 Å². The van der Waals surface area contributed by atoms with Crippen LogP contribution in [0.2, 0.25) is 5.02 Å². The number of carbonyl (C=O) groups excluding carboxylic acids is 1. The molecule has 0 spiro atoms. The smallest absolute Gasteiger partial charge is 0.256 e. The number of carbonyl (C=O) groups is 1. The van der Waals surface area contributed by atoms with Gasteiger partial charge in [0.25, 0.3) is 5.91 Å². The zero-order chi connectivity index (χ0) is 13.1. The molecule has 2 aromatic rings. The molecule has 0 aliphatic heterocycles. The van der Waals surface area contributed by atoms with Crippen LogP contribution in [0, 0.1) is 3.57 Å². The van der Waals surface area contributed by atoms with Crippen LogP contribution in [0.25, 0.3) is 0 Å². The molecule has 0 unspecified atom stereocenters. The van der Waals surface area contributed by atoms with E-state index in [4.69, 9.17) is 17.3 Å². The molecule has 3 nitrogen and oxygen atoms in total. The monoisotopic (exact) mass is 372 g/mol. The fourth-order valence-electron chi connectivity index (χ4n) is 1.47. The molecule has 0 bridgehead atoms. The summed E-state index contributed by atoms with van der Waals surface area (Å²) in [5.74, 6) is -0.188. The van der Waals surface area contributed by atoms with Crippen LogP contribution < -0.4 is 11.1 Å². The second-order valence-electron chi connectivity index (χ2n) is 3.67. The summed E-state index contributed by atoms with van der Waals surface area (Å²) >= 11 is 8.12. The van der Waals surface area contributed by atoms with E-state index in [2.05, 4.69) is 27.9 Å². The highest BCUT2D eigenvalue weighted by molar-refractivity contribution is 14.1. The van der Waals surface area contributed by atoms with E-state index in [0.717, 1.165) is 3.57 Å². The second-order valence-corrected chi connectivity index (χ2v) is 5.24. The zero-order valence-electron chi connectivity index (χ0n) is 9.28. The Hall–Kier alpha value is -1.27. The first-order valence-corrected chi connectivity index (χ1v) is 6.64. The highest BCUT2D eigenvalue weighted by Gasteiger charge is 2.11. The number of nitrogens with two attached hydrogens (primary N) is 1. The summed E-state index contributed by atoms with van der Waals surface area (Å²) in [6.07, 6.45) is 0. The quantitative estimate of drug-likeness (QED) is 0.623. The van der Waals surface area contributed by atoms with Gasteiger partial charge in [0.1, 0.15) is 0 Å². The molecule has 3 N–H and O–H groups in total. The Kier molecular flexibility index (Phi) is 4.08. The fraction of sp³-hybridized carbons (Fsp3) is 0. The number of hydrogen-bond acceptors (Lipinski definition) is 2. The Balaban J connectivity index is 2.24. The number of anilines is 2. The van der Waals surface area contributed by atoms with Gasteiger partial charge < -0.3 is 11.1 Å². The summed E-state index contributed by atoms with van der Waals surface area (Å²) in [7, 11) is 0. The molecule has 0 saturated carbocycles. The van der Waals surface area contributed by atoms with Crippen LogP contribution in [0.4, 0.5) is 11.4 Å². The van der Waals surface area contributed by atoms with Gasteiger partial charge in [-0.25, -0.2) is 0 Å². The molecule has 0 aliphatic carbocycles. The van der Waals surface area contributed by atoms with Gasteiger partial charge >= 0.3 is 0 Å². The molecule has 0 aliphatic rings. The number of halogens is 2. The van der Waals surface area contributed by atoms with E-state index in [-0.39, 0.29) is 5.91 Å². The molecule has 18 heavy (non-hydrogen) atoms. The molecule has 0 aromatic heterocycles. The predicted octanol–water partition coefficient (Wildman–Crippen LogP) is 3.78. The lowest BCUT2D eigenvalue weighted by Gasteiger charge is -2.08. The standard InChI is InChI=1S/C13H10ClIN2O/c14-10-7-8(16)5-6-12(10)17-13(18)9-3-1-2-4-11(9)15/h1-7H,16H2,(H,17,18). The zero-order valence-corrected chi connectivity index (χ0v) is 12.2. The third-order valence-electron chi connectivity index (χ3n) is 2.36. The Morgan fingerprint density at radius 3 is 2.61 bits per heavy atom. The van der Waals surface area contributed by atoms with Gasteiger partial charge in [-0.05, 0) is 52.9 Å². The molecule has 5 heteroatoms. The maximum atomic E-state index is 12.1. The van der Waals surface area contributed by atoms with E-state index in [1.807, 2.05) is 18.2 Å². The van der Waals surface area contributed by atoms with Crippen molar-refractivity contribution < 1.29 is 4.79 Å². The maximum Gasteiger partial charge on any atom is 0.256 e. The SMILES string of the molecule is Nc1ccc(NC(=O)c2ccccc2I)c(Cl)c1. The lowest BCUT2D eigenvalue weighted by molar-refractivity contribution is 0.102. The Bertz CT molecular complexity index is 601. The molecule has 0 heterocycles. The van der Waals surface area contributed by atoms with Crippen molar-refractivity contribution in [2.45, 2.75) is 0 Å². The third-order valence-corrected chi connectivity index (χ3v) is 3.61. The van der Waals surface area contributed by atoms with Crippen LogP contribution in [-0.2, 0) is 0 Å². The van der Waals surface area contributed by atoms with Crippen molar-refractivity contribution in [1.29, 1.82) is 0 Å². The summed E-state index contributed by atoms with van der Waals surface area (Å²) in [5, 5.41) is 3.19.